The number of aryl methyl sites for hydroxylation is 1. The summed E-state index contributed by atoms with van der Waals surface area (Å²) >= 11 is 0. The molecule has 0 amide bonds. The van der Waals surface area contributed by atoms with Crippen molar-refractivity contribution in [2.75, 3.05) is 0 Å². The molecule has 0 saturated heterocycles. The summed E-state index contributed by atoms with van der Waals surface area (Å²) in [6.07, 6.45) is 1.62. The average molecular weight is 188 g/mol. The van der Waals surface area contributed by atoms with E-state index >= 15 is 0 Å². The van der Waals surface area contributed by atoms with Gasteiger partial charge in [-0.2, -0.15) is 0 Å². The topological polar surface area (TPSA) is 52.0 Å². The Morgan fingerprint density at radius 1 is 1.29 bits per heavy atom. The van der Waals surface area contributed by atoms with Crippen LogP contribution >= 0.6 is 0 Å². The van der Waals surface area contributed by atoms with Crippen molar-refractivity contribution in [3.05, 3.63) is 53.7 Å². The van der Waals surface area contributed by atoms with E-state index in [2.05, 4.69) is 4.98 Å². The Labute approximate surface area is 82.6 Å². The first-order valence-electron chi connectivity index (χ1n) is 4.50. The Morgan fingerprint density at radius 3 is 2.79 bits per heavy atom. The molecule has 2 aromatic heterocycles. The van der Waals surface area contributed by atoms with Gasteiger partial charge in [0, 0.05) is 5.69 Å². The van der Waals surface area contributed by atoms with Gasteiger partial charge in [0.05, 0.1) is 12.0 Å². The second-order valence-corrected chi connectivity index (χ2v) is 3.20. The van der Waals surface area contributed by atoms with Gasteiger partial charge in [0.1, 0.15) is 11.8 Å². The second kappa shape index (κ2) is 3.64. The fraction of sp³-hybridized carbons (Fsp3) is 0.182. The Morgan fingerprint density at radius 2 is 2.14 bits per heavy atom. The van der Waals surface area contributed by atoms with E-state index in [4.69, 9.17) is 10.2 Å². The Bertz CT molecular complexity index is 409. The van der Waals surface area contributed by atoms with Gasteiger partial charge in [0.2, 0.25) is 0 Å². The highest BCUT2D eigenvalue weighted by atomic mass is 16.3. The molecule has 0 aliphatic rings. The van der Waals surface area contributed by atoms with Gasteiger partial charge >= 0.3 is 0 Å². The zero-order valence-corrected chi connectivity index (χ0v) is 7.97. The lowest BCUT2D eigenvalue weighted by Gasteiger charge is -2.08. The molecule has 2 rings (SSSR count). The summed E-state index contributed by atoms with van der Waals surface area (Å²) in [5, 5.41) is 0. The van der Waals surface area contributed by atoms with Crippen LogP contribution in [0.15, 0.2) is 41.0 Å². The molecule has 72 valence electrons. The van der Waals surface area contributed by atoms with Crippen LogP contribution in [0.5, 0.6) is 0 Å². The van der Waals surface area contributed by atoms with Crippen LogP contribution in [-0.4, -0.2) is 4.98 Å². The quantitative estimate of drug-likeness (QED) is 0.784. The number of aromatic nitrogens is 1. The SMILES string of the molecule is Cc1cccc(C(N)c2ccco2)n1. The van der Waals surface area contributed by atoms with Crippen molar-refractivity contribution in [3.8, 4) is 0 Å². The molecule has 1 unspecified atom stereocenters. The maximum absolute atomic E-state index is 5.97. The molecule has 3 nitrogen and oxygen atoms in total. The molecule has 2 N–H and O–H groups in total. The number of pyridine rings is 1. The maximum atomic E-state index is 5.97. The number of hydrogen-bond donors (Lipinski definition) is 1. The minimum atomic E-state index is -0.273. The summed E-state index contributed by atoms with van der Waals surface area (Å²) in [4.78, 5) is 4.34. The van der Waals surface area contributed by atoms with Crippen LogP contribution in [0.3, 0.4) is 0 Å². The van der Waals surface area contributed by atoms with Gasteiger partial charge in [-0.3, -0.25) is 4.98 Å². The van der Waals surface area contributed by atoms with Crippen molar-refractivity contribution in [3.63, 3.8) is 0 Å². The van der Waals surface area contributed by atoms with Crippen molar-refractivity contribution >= 4 is 0 Å². The molecule has 0 aliphatic carbocycles. The van der Waals surface area contributed by atoms with Crippen LogP contribution in [0, 0.1) is 6.92 Å². The minimum absolute atomic E-state index is 0.273. The third kappa shape index (κ3) is 1.67. The molecule has 0 spiro atoms. The lowest BCUT2D eigenvalue weighted by atomic mass is 10.1. The predicted octanol–water partition coefficient (Wildman–Crippen LogP) is 2.03. The van der Waals surface area contributed by atoms with Gasteiger partial charge in [-0.1, -0.05) is 6.07 Å². The third-order valence-corrected chi connectivity index (χ3v) is 2.08. The van der Waals surface area contributed by atoms with Crippen molar-refractivity contribution < 1.29 is 4.42 Å². The predicted molar refractivity (Wildman–Crippen MR) is 53.7 cm³/mol. The van der Waals surface area contributed by atoms with E-state index in [0.29, 0.717) is 0 Å². The van der Waals surface area contributed by atoms with Gasteiger partial charge in [-0.05, 0) is 31.2 Å². The summed E-state index contributed by atoms with van der Waals surface area (Å²) in [6.45, 7) is 1.94. The largest absolute Gasteiger partial charge is 0.467 e. The molecule has 0 aromatic carbocycles. The van der Waals surface area contributed by atoms with Crippen molar-refractivity contribution in [1.82, 2.24) is 4.98 Å². The van der Waals surface area contributed by atoms with Gasteiger partial charge in [-0.25, -0.2) is 0 Å². The summed E-state index contributed by atoms with van der Waals surface area (Å²) in [5.74, 6) is 0.739. The number of rotatable bonds is 2. The van der Waals surface area contributed by atoms with Crippen LogP contribution in [0.4, 0.5) is 0 Å². The molecule has 0 fully saturated rings. The number of hydrogen-bond acceptors (Lipinski definition) is 3. The number of nitrogens with zero attached hydrogens (tertiary/aromatic N) is 1. The normalized spacial score (nSPS) is 12.7. The zero-order chi connectivity index (χ0) is 9.97. The standard InChI is InChI=1S/C11H12N2O/c1-8-4-2-5-9(13-8)11(12)10-6-3-7-14-10/h2-7,11H,12H2,1H3. The van der Waals surface area contributed by atoms with Crippen molar-refractivity contribution in [1.29, 1.82) is 0 Å². The molecule has 0 bridgehead atoms. The lowest BCUT2D eigenvalue weighted by molar-refractivity contribution is 0.486. The number of furan rings is 1. The molecule has 0 aliphatic heterocycles. The molecular weight excluding hydrogens is 176 g/mol. The van der Waals surface area contributed by atoms with E-state index < -0.39 is 0 Å². The zero-order valence-electron chi connectivity index (χ0n) is 7.97. The highest BCUT2D eigenvalue weighted by Gasteiger charge is 2.12. The van der Waals surface area contributed by atoms with Crippen molar-refractivity contribution in [2.45, 2.75) is 13.0 Å². The van der Waals surface area contributed by atoms with Crippen LogP contribution in [0.25, 0.3) is 0 Å². The highest BCUT2D eigenvalue weighted by Crippen LogP contribution is 2.17. The van der Waals surface area contributed by atoms with Crippen LogP contribution in [0.1, 0.15) is 23.2 Å². The van der Waals surface area contributed by atoms with Crippen LogP contribution < -0.4 is 5.73 Å². The first kappa shape index (κ1) is 8.97. The summed E-state index contributed by atoms with van der Waals surface area (Å²) in [7, 11) is 0. The number of nitrogens with two attached hydrogens (primary N) is 1. The van der Waals surface area contributed by atoms with E-state index in [9.17, 15) is 0 Å². The lowest BCUT2D eigenvalue weighted by Crippen LogP contribution is -2.12. The highest BCUT2D eigenvalue weighted by molar-refractivity contribution is 5.20. The Balaban J connectivity index is 2.32. The molecular formula is C11H12N2O. The van der Waals surface area contributed by atoms with Gasteiger partial charge < -0.3 is 10.2 Å². The molecule has 14 heavy (non-hydrogen) atoms. The van der Waals surface area contributed by atoms with E-state index in [-0.39, 0.29) is 6.04 Å². The summed E-state index contributed by atoms with van der Waals surface area (Å²) < 4.78 is 5.22. The molecule has 1 atom stereocenters. The van der Waals surface area contributed by atoms with Crippen LogP contribution in [0.2, 0.25) is 0 Å². The molecule has 0 saturated carbocycles. The fourth-order valence-electron chi connectivity index (χ4n) is 1.35. The maximum Gasteiger partial charge on any atom is 0.126 e. The molecule has 2 aromatic rings. The molecule has 0 radical (unpaired) electrons. The first-order chi connectivity index (χ1) is 6.77. The third-order valence-electron chi connectivity index (χ3n) is 2.08. The summed E-state index contributed by atoms with van der Waals surface area (Å²) in [5.41, 5.74) is 7.77. The van der Waals surface area contributed by atoms with E-state index in [0.717, 1.165) is 17.1 Å². The van der Waals surface area contributed by atoms with Gasteiger partial charge in [-0.15, -0.1) is 0 Å². The molecule has 3 heteroatoms. The summed E-state index contributed by atoms with van der Waals surface area (Å²) in [6, 6.07) is 9.20. The second-order valence-electron chi connectivity index (χ2n) is 3.20. The van der Waals surface area contributed by atoms with E-state index in [1.165, 1.54) is 0 Å². The van der Waals surface area contributed by atoms with E-state index in [1.807, 2.05) is 37.3 Å². The first-order valence-corrected chi connectivity index (χ1v) is 4.50. The van der Waals surface area contributed by atoms with E-state index in [1.54, 1.807) is 6.26 Å². The van der Waals surface area contributed by atoms with Gasteiger partial charge in [0.25, 0.3) is 0 Å². The Kier molecular flexibility index (Phi) is 2.33. The average Bonchev–Trinajstić information content (AvgIpc) is 2.69. The Hall–Kier alpha value is -1.61. The van der Waals surface area contributed by atoms with Crippen molar-refractivity contribution in [2.24, 2.45) is 5.73 Å². The van der Waals surface area contributed by atoms with Crippen LogP contribution in [-0.2, 0) is 0 Å². The minimum Gasteiger partial charge on any atom is -0.467 e. The fourth-order valence-corrected chi connectivity index (χ4v) is 1.35. The smallest absolute Gasteiger partial charge is 0.126 e. The van der Waals surface area contributed by atoms with Gasteiger partial charge in [0.15, 0.2) is 0 Å². The molecule has 2 heterocycles. The monoisotopic (exact) mass is 188 g/mol.